The topological polar surface area (TPSA) is 56.7 Å². The summed E-state index contributed by atoms with van der Waals surface area (Å²) in [5, 5.41) is 0. The van der Waals surface area contributed by atoms with Crippen LogP contribution in [0.1, 0.15) is 5.56 Å². The molecular formula is C15H14N4. The molecule has 3 rings (SSSR count). The maximum Gasteiger partial charge on any atom is 0.144 e. The first-order valence-corrected chi connectivity index (χ1v) is 6.06. The van der Waals surface area contributed by atoms with E-state index in [1.165, 1.54) is 0 Å². The van der Waals surface area contributed by atoms with Gasteiger partial charge >= 0.3 is 0 Å². The van der Waals surface area contributed by atoms with Gasteiger partial charge in [-0.05, 0) is 30.7 Å². The Morgan fingerprint density at radius 1 is 1.16 bits per heavy atom. The van der Waals surface area contributed by atoms with Crippen molar-refractivity contribution in [2.75, 3.05) is 5.73 Å². The first-order valence-electron chi connectivity index (χ1n) is 6.06. The number of anilines is 1. The molecule has 0 aliphatic carbocycles. The monoisotopic (exact) mass is 250 g/mol. The van der Waals surface area contributed by atoms with Crippen LogP contribution in [0.4, 0.5) is 5.69 Å². The molecule has 0 saturated carbocycles. The highest BCUT2D eigenvalue weighted by Crippen LogP contribution is 2.24. The van der Waals surface area contributed by atoms with Gasteiger partial charge in [-0.1, -0.05) is 12.1 Å². The molecule has 0 bridgehead atoms. The Hall–Kier alpha value is -2.62. The summed E-state index contributed by atoms with van der Waals surface area (Å²) in [5.41, 5.74) is 9.75. The van der Waals surface area contributed by atoms with Crippen molar-refractivity contribution < 1.29 is 0 Å². The van der Waals surface area contributed by atoms with Crippen LogP contribution in [-0.4, -0.2) is 14.5 Å². The van der Waals surface area contributed by atoms with E-state index in [0.717, 1.165) is 28.3 Å². The third-order valence-corrected chi connectivity index (χ3v) is 3.04. The van der Waals surface area contributed by atoms with Gasteiger partial charge in [0.15, 0.2) is 0 Å². The first kappa shape index (κ1) is 11.5. The fourth-order valence-corrected chi connectivity index (χ4v) is 2.13. The van der Waals surface area contributed by atoms with Crippen molar-refractivity contribution >= 4 is 5.69 Å². The Bertz CT molecular complexity index is 715. The van der Waals surface area contributed by atoms with Gasteiger partial charge in [-0.2, -0.15) is 0 Å². The molecule has 0 amide bonds. The van der Waals surface area contributed by atoms with Crippen LogP contribution in [0.2, 0.25) is 0 Å². The van der Waals surface area contributed by atoms with E-state index < -0.39 is 0 Å². The van der Waals surface area contributed by atoms with E-state index in [9.17, 15) is 0 Å². The van der Waals surface area contributed by atoms with Crippen molar-refractivity contribution in [2.45, 2.75) is 6.92 Å². The van der Waals surface area contributed by atoms with Crippen LogP contribution in [0.25, 0.3) is 17.1 Å². The number of nitrogens with two attached hydrogens (primary N) is 1. The molecule has 1 aromatic carbocycles. The summed E-state index contributed by atoms with van der Waals surface area (Å²) >= 11 is 0. The van der Waals surface area contributed by atoms with Gasteiger partial charge in [0.25, 0.3) is 0 Å². The van der Waals surface area contributed by atoms with E-state index in [0.29, 0.717) is 0 Å². The molecule has 0 atom stereocenters. The van der Waals surface area contributed by atoms with Gasteiger partial charge in [0.1, 0.15) is 5.82 Å². The minimum absolute atomic E-state index is 0.735. The molecule has 0 unspecified atom stereocenters. The van der Waals surface area contributed by atoms with Gasteiger partial charge < -0.3 is 5.73 Å². The number of aryl methyl sites for hydroxylation is 1. The highest BCUT2D eigenvalue weighted by molar-refractivity contribution is 5.63. The summed E-state index contributed by atoms with van der Waals surface area (Å²) in [7, 11) is 0. The fourth-order valence-electron chi connectivity index (χ4n) is 2.13. The normalized spacial score (nSPS) is 10.6. The molecule has 0 aliphatic rings. The number of aromatic nitrogens is 3. The molecule has 0 radical (unpaired) electrons. The lowest BCUT2D eigenvalue weighted by atomic mass is 10.2. The number of benzene rings is 1. The Morgan fingerprint density at radius 2 is 2.05 bits per heavy atom. The molecule has 0 spiro atoms. The molecule has 2 aromatic heterocycles. The summed E-state index contributed by atoms with van der Waals surface area (Å²) in [5.74, 6) is 0.876. The molecular weight excluding hydrogens is 236 g/mol. The third-order valence-electron chi connectivity index (χ3n) is 3.04. The Kier molecular flexibility index (Phi) is 2.76. The molecule has 3 aromatic rings. The zero-order chi connectivity index (χ0) is 13.2. The van der Waals surface area contributed by atoms with Crippen LogP contribution in [-0.2, 0) is 0 Å². The zero-order valence-corrected chi connectivity index (χ0v) is 10.6. The van der Waals surface area contributed by atoms with Crippen molar-refractivity contribution in [3.63, 3.8) is 0 Å². The van der Waals surface area contributed by atoms with Crippen molar-refractivity contribution in [2.24, 2.45) is 0 Å². The number of pyridine rings is 1. The molecule has 0 fully saturated rings. The molecule has 0 aliphatic heterocycles. The number of rotatable bonds is 2. The van der Waals surface area contributed by atoms with Crippen LogP contribution in [0, 0.1) is 6.92 Å². The molecule has 19 heavy (non-hydrogen) atoms. The quantitative estimate of drug-likeness (QED) is 0.711. The van der Waals surface area contributed by atoms with Gasteiger partial charge in [0, 0.05) is 36.0 Å². The van der Waals surface area contributed by atoms with Crippen LogP contribution < -0.4 is 5.73 Å². The summed E-state index contributed by atoms with van der Waals surface area (Å²) in [4.78, 5) is 8.55. The van der Waals surface area contributed by atoms with Crippen LogP contribution in [0.5, 0.6) is 0 Å². The van der Waals surface area contributed by atoms with Crippen LogP contribution in [0.3, 0.4) is 0 Å². The SMILES string of the molecule is Cc1cnccc1-n1ccnc1-c1cccc(N)c1. The average Bonchev–Trinajstić information content (AvgIpc) is 2.88. The van der Waals surface area contributed by atoms with Gasteiger partial charge in [-0.15, -0.1) is 0 Å². The summed E-state index contributed by atoms with van der Waals surface area (Å²) in [6, 6.07) is 9.71. The zero-order valence-electron chi connectivity index (χ0n) is 10.6. The van der Waals surface area contributed by atoms with Crippen molar-refractivity contribution in [3.8, 4) is 17.1 Å². The van der Waals surface area contributed by atoms with E-state index in [1.54, 1.807) is 12.4 Å². The number of hydrogen-bond donors (Lipinski definition) is 1. The summed E-state index contributed by atoms with van der Waals surface area (Å²) in [6.07, 6.45) is 7.36. The molecule has 0 saturated heterocycles. The molecule has 4 nitrogen and oxygen atoms in total. The maximum atomic E-state index is 5.84. The second kappa shape index (κ2) is 4.57. The average molecular weight is 250 g/mol. The number of hydrogen-bond acceptors (Lipinski definition) is 3. The van der Waals surface area contributed by atoms with E-state index in [4.69, 9.17) is 5.73 Å². The fraction of sp³-hybridized carbons (Fsp3) is 0.0667. The Morgan fingerprint density at radius 3 is 2.84 bits per heavy atom. The predicted octanol–water partition coefficient (Wildman–Crippen LogP) is 2.82. The second-order valence-corrected chi connectivity index (χ2v) is 4.41. The van der Waals surface area contributed by atoms with Crippen molar-refractivity contribution in [1.29, 1.82) is 0 Å². The molecule has 94 valence electrons. The standard InChI is InChI=1S/C15H14N4/c1-11-10-17-6-5-14(11)19-8-7-18-15(19)12-3-2-4-13(16)9-12/h2-10H,16H2,1H3. The highest BCUT2D eigenvalue weighted by atomic mass is 15.1. The van der Waals surface area contributed by atoms with E-state index in [2.05, 4.69) is 9.97 Å². The maximum absolute atomic E-state index is 5.84. The van der Waals surface area contributed by atoms with E-state index in [-0.39, 0.29) is 0 Å². The molecule has 4 heteroatoms. The lowest BCUT2D eigenvalue weighted by Gasteiger charge is -2.10. The lowest BCUT2D eigenvalue weighted by molar-refractivity contribution is 1.04. The minimum atomic E-state index is 0.735. The van der Waals surface area contributed by atoms with E-state index >= 15 is 0 Å². The van der Waals surface area contributed by atoms with Gasteiger partial charge in [-0.25, -0.2) is 4.98 Å². The largest absolute Gasteiger partial charge is 0.399 e. The molecule has 2 heterocycles. The number of imidazole rings is 1. The van der Waals surface area contributed by atoms with E-state index in [1.807, 2.05) is 54.2 Å². The van der Waals surface area contributed by atoms with Crippen LogP contribution in [0.15, 0.2) is 55.1 Å². The predicted molar refractivity (Wildman–Crippen MR) is 75.9 cm³/mol. The third kappa shape index (κ3) is 2.08. The number of nitrogens with zero attached hydrogens (tertiary/aromatic N) is 3. The van der Waals surface area contributed by atoms with Gasteiger partial charge in [0.05, 0.1) is 5.69 Å². The number of nitrogen functional groups attached to an aromatic ring is 1. The van der Waals surface area contributed by atoms with Gasteiger partial charge in [-0.3, -0.25) is 9.55 Å². The first-order chi connectivity index (χ1) is 9.25. The summed E-state index contributed by atoms with van der Waals surface area (Å²) < 4.78 is 2.05. The summed E-state index contributed by atoms with van der Waals surface area (Å²) in [6.45, 7) is 2.03. The van der Waals surface area contributed by atoms with Gasteiger partial charge in [0.2, 0.25) is 0 Å². The Labute approximate surface area is 111 Å². The lowest BCUT2D eigenvalue weighted by Crippen LogP contribution is -1.99. The smallest absolute Gasteiger partial charge is 0.144 e. The molecule has 2 N–H and O–H groups in total. The highest BCUT2D eigenvalue weighted by Gasteiger charge is 2.09. The second-order valence-electron chi connectivity index (χ2n) is 4.41. The van der Waals surface area contributed by atoms with Crippen molar-refractivity contribution in [1.82, 2.24) is 14.5 Å². The van der Waals surface area contributed by atoms with Crippen molar-refractivity contribution in [3.05, 3.63) is 60.7 Å². The van der Waals surface area contributed by atoms with Crippen LogP contribution >= 0.6 is 0 Å². The Balaban J connectivity index is 2.16. The minimum Gasteiger partial charge on any atom is -0.399 e.